The Kier molecular flexibility index (Phi) is 5.99. The van der Waals surface area contributed by atoms with Gasteiger partial charge < -0.3 is 15.2 Å². The van der Waals surface area contributed by atoms with Gasteiger partial charge >= 0.3 is 6.09 Å². The van der Waals surface area contributed by atoms with E-state index in [1.807, 2.05) is 30.3 Å². The molecule has 1 saturated carbocycles. The molecule has 0 saturated heterocycles. The zero-order chi connectivity index (χ0) is 17.7. The number of hydrogen-bond acceptors (Lipinski definition) is 4. The van der Waals surface area contributed by atoms with Crippen LogP contribution in [0.2, 0.25) is 0 Å². The summed E-state index contributed by atoms with van der Waals surface area (Å²) in [7, 11) is 0. The average molecular weight is 333 g/mol. The fourth-order valence-electron chi connectivity index (χ4n) is 3.07. The third-order valence-corrected chi connectivity index (χ3v) is 4.18. The number of alkyl carbamates (subject to hydrolysis) is 1. The summed E-state index contributed by atoms with van der Waals surface area (Å²) in [4.78, 5) is 24.1. The van der Waals surface area contributed by atoms with Crippen LogP contribution >= 0.6 is 0 Å². The molecule has 0 unspecified atom stereocenters. The number of ketones is 1. The van der Waals surface area contributed by atoms with E-state index in [2.05, 4.69) is 5.32 Å². The molecule has 0 aromatic heterocycles. The van der Waals surface area contributed by atoms with Crippen LogP contribution in [0, 0.1) is 5.92 Å². The minimum absolute atomic E-state index is 0.0755. The van der Waals surface area contributed by atoms with Gasteiger partial charge in [0, 0.05) is 12.3 Å². The van der Waals surface area contributed by atoms with Crippen molar-refractivity contribution >= 4 is 11.9 Å². The number of Topliss-reactive ketones (excluding diaryl/α,β-unsaturated/α-hetero) is 1. The molecule has 1 aromatic carbocycles. The van der Waals surface area contributed by atoms with Crippen molar-refractivity contribution in [3.63, 3.8) is 0 Å². The normalized spacial score (nSPS) is 20.5. The van der Waals surface area contributed by atoms with Crippen molar-refractivity contribution in [2.75, 3.05) is 0 Å². The Balaban J connectivity index is 2.11. The number of rotatable bonds is 5. The van der Waals surface area contributed by atoms with Crippen LogP contribution in [0.5, 0.6) is 0 Å². The number of benzene rings is 1. The lowest BCUT2D eigenvalue weighted by molar-refractivity contribution is -0.124. The van der Waals surface area contributed by atoms with Crippen LogP contribution in [0.3, 0.4) is 0 Å². The van der Waals surface area contributed by atoms with Gasteiger partial charge in [0.1, 0.15) is 11.4 Å². The van der Waals surface area contributed by atoms with Crippen molar-refractivity contribution in [2.45, 2.75) is 64.2 Å². The Hall–Kier alpha value is -1.88. The van der Waals surface area contributed by atoms with Gasteiger partial charge in [-0.05, 0) is 45.6 Å². The SMILES string of the molecule is CC(C)(C)OC(=O)N[C@@H](Cc1ccccc1)[C@@H](O)[C@@H]1CCCC1=O. The van der Waals surface area contributed by atoms with Crippen molar-refractivity contribution in [3.05, 3.63) is 35.9 Å². The van der Waals surface area contributed by atoms with Crippen LogP contribution in [-0.4, -0.2) is 34.7 Å². The lowest BCUT2D eigenvalue weighted by Gasteiger charge is -2.29. The maximum atomic E-state index is 12.1. The predicted molar refractivity (Wildman–Crippen MR) is 91.7 cm³/mol. The van der Waals surface area contributed by atoms with Gasteiger partial charge in [0.05, 0.1) is 12.1 Å². The van der Waals surface area contributed by atoms with Crippen molar-refractivity contribution in [1.82, 2.24) is 5.32 Å². The summed E-state index contributed by atoms with van der Waals surface area (Å²) in [6.07, 6.45) is 0.935. The molecule has 1 fully saturated rings. The molecule has 132 valence electrons. The third kappa shape index (κ3) is 5.34. The van der Waals surface area contributed by atoms with Gasteiger partial charge in [-0.3, -0.25) is 4.79 Å². The van der Waals surface area contributed by atoms with E-state index >= 15 is 0 Å². The molecule has 1 aliphatic carbocycles. The minimum atomic E-state index is -0.910. The second-order valence-corrected chi connectivity index (χ2v) is 7.40. The number of nitrogens with one attached hydrogen (secondary N) is 1. The quantitative estimate of drug-likeness (QED) is 0.869. The topological polar surface area (TPSA) is 75.6 Å². The van der Waals surface area contributed by atoms with E-state index in [-0.39, 0.29) is 5.78 Å². The molecule has 3 atom stereocenters. The van der Waals surface area contributed by atoms with Gasteiger partial charge in [0.25, 0.3) is 0 Å². The van der Waals surface area contributed by atoms with Crippen molar-refractivity contribution in [3.8, 4) is 0 Å². The Morgan fingerprint density at radius 2 is 2.00 bits per heavy atom. The van der Waals surface area contributed by atoms with E-state index in [1.165, 1.54) is 0 Å². The van der Waals surface area contributed by atoms with Gasteiger partial charge in [-0.15, -0.1) is 0 Å². The number of hydrogen-bond donors (Lipinski definition) is 2. The fraction of sp³-hybridized carbons (Fsp3) is 0.579. The summed E-state index contributed by atoms with van der Waals surface area (Å²) >= 11 is 0. The second kappa shape index (κ2) is 7.79. The van der Waals surface area contributed by atoms with Crippen LogP contribution in [0.15, 0.2) is 30.3 Å². The van der Waals surface area contributed by atoms with Crippen LogP contribution in [0.1, 0.15) is 45.6 Å². The van der Waals surface area contributed by atoms with E-state index in [9.17, 15) is 14.7 Å². The van der Waals surface area contributed by atoms with Gasteiger partial charge in [0.15, 0.2) is 0 Å². The maximum absolute atomic E-state index is 12.1. The van der Waals surface area contributed by atoms with Crippen molar-refractivity contribution in [2.24, 2.45) is 5.92 Å². The van der Waals surface area contributed by atoms with Crippen molar-refractivity contribution < 1.29 is 19.4 Å². The first-order chi connectivity index (χ1) is 11.3. The molecule has 1 amide bonds. The summed E-state index contributed by atoms with van der Waals surface area (Å²) in [5, 5.41) is 13.5. The Labute approximate surface area is 143 Å². The molecule has 0 spiro atoms. The van der Waals surface area contributed by atoms with E-state index in [1.54, 1.807) is 20.8 Å². The van der Waals surface area contributed by atoms with E-state index in [0.717, 1.165) is 12.0 Å². The number of carbonyl (C=O) groups is 2. The van der Waals surface area contributed by atoms with Crippen LogP contribution in [0.4, 0.5) is 4.79 Å². The zero-order valence-electron chi connectivity index (χ0n) is 14.6. The second-order valence-electron chi connectivity index (χ2n) is 7.40. The molecule has 0 aliphatic heterocycles. The number of aliphatic hydroxyl groups is 1. The average Bonchev–Trinajstić information content (AvgIpc) is 2.91. The smallest absolute Gasteiger partial charge is 0.407 e. The first kappa shape index (κ1) is 18.5. The van der Waals surface area contributed by atoms with Gasteiger partial charge in [-0.25, -0.2) is 4.79 Å². The fourth-order valence-corrected chi connectivity index (χ4v) is 3.07. The zero-order valence-corrected chi connectivity index (χ0v) is 14.6. The summed E-state index contributed by atoms with van der Waals surface area (Å²) in [5.74, 6) is -0.333. The molecule has 24 heavy (non-hydrogen) atoms. The molecule has 1 aliphatic rings. The lowest BCUT2D eigenvalue weighted by Crippen LogP contribution is -2.50. The Morgan fingerprint density at radius 1 is 1.33 bits per heavy atom. The highest BCUT2D eigenvalue weighted by atomic mass is 16.6. The van der Waals surface area contributed by atoms with E-state index in [4.69, 9.17) is 4.74 Å². The molecule has 1 aromatic rings. The molecule has 5 heteroatoms. The summed E-state index contributed by atoms with van der Waals surface area (Å²) in [6.45, 7) is 5.36. The molecule has 0 radical (unpaired) electrons. The number of amides is 1. The van der Waals surface area contributed by atoms with Crippen LogP contribution in [-0.2, 0) is 16.0 Å². The molecule has 2 N–H and O–H groups in total. The molecule has 0 bridgehead atoms. The summed E-state index contributed by atoms with van der Waals surface area (Å²) in [6, 6.07) is 9.05. The first-order valence-electron chi connectivity index (χ1n) is 8.50. The Morgan fingerprint density at radius 3 is 2.54 bits per heavy atom. The first-order valence-corrected chi connectivity index (χ1v) is 8.50. The molecule has 0 heterocycles. The number of aliphatic hydroxyl groups excluding tert-OH is 1. The number of carbonyl (C=O) groups excluding carboxylic acids is 2. The van der Waals surface area contributed by atoms with Crippen LogP contribution < -0.4 is 5.32 Å². The van der Waals surface area contributed by atoms with Gasteiger partial charge in [0.2, 0.25) is 0 Å². The largest absolute Gasteiger partial charge is 0.444 e. The molecule has 2 rings (SSSR count). The standard InChI is InChI=1S/C19H27NO4/c1-19(2,3)24-18(23)20-15(12-13-8-5-4-6-9-13)17(22)14-10-7-11-16(14)21/h4-6,8-9,14-15,17,22H,7,10-12H2,1-3H3,(H,20,23)/t14-,15+,17+/m1/s1. The monoisotopic (exact) mass is 333 g/mol. The summed E-state index contributed by atoms with van der Waals surface area (Å²) < 4.78 is 5.30. The lowest BCUT2D eigenvalue weighted by atomic mass is 9.90. The van der Waals surface area contributed by atoms with Crippen molar-refractivity contribution in [1.29, 1.82) is 0 Å². The Bertz CT molecular complexity index is 564. The van der Waals surface area contributed by atoms with Gasteiger partial charge in [-0.1, -0.05) is 30.3 Å². The molecular formula is C19H27NO4. The summed E-state index contributed by atoms with van der Waals surface area (Å²) in [5.41, 5.74) is 0.373. The van der Waals surface area contributed by atoms with Gasteiger partial charge in [-0.2, -0.15) is 0 Å². The third-order valence-electron chi connectivity index (χ3n) is 4.18. The molecule has 5 nitrogen and oxygen atoms in total. The highest BCUT2D eigenvalue weighted by Crippen LogP contribution is 2.27. The minimum Gasteiger partial charge on any atom is -0.444 e. The van der Waals surface area contributed by atoms with Crippen LogP contribution in [0.25, 0.3) is 0 Å². The number of ether oxygens (including phenoxy) is 1. The van der Waals surface area contributed by atoms with E-state index in [0.29, 0.717) is 19.3 Å². The highest BCUT2D eigenvalue weighted by molar-refractivity contribution is 5.83. The highest BCUT2D eigenvalue weighted by Gasteiger charge is 2.36. The predicted octanol–water partition coefficient (Wildman–Crippen LogP) is 2.85. The maximum Gasteiger partial charge on any atom is 0.407 e. The molecular weight excluding hydrogens is 306 g/mol. The van der Waals surface area contributed by atoms with E-state index < -0.39 is 29.8 Å².